The van der Waals surface area contributed by atoms with Gasteiger partial charge in [0.25, 0.3) is 0 Å². The first-order chi connectivity index (χ1) is 8.54. The summed E-state index contributed by atoms with van der Waals surface area (Å²) in [6, 6.07) is 4.75. The highest BCUT2D eigenvalue weighted by atomic mass is 79.9. The average molecular weight is 335 g/mol. The second-order valence-corrected chi connectivity index (χ2v) is 5.42. The van der Waals surface area contributed by atoms with Crippen LogP contribution >= 0.6 is 27.5 Å². The van der Waals surface area contributed by atoms with E-state index in [4.69, 9.17) is 16.7 Å². The summed E-state index contributed by atoms with van der Waals surface area (Å²) in [4.78, 5) is 11.1. The molecular weight excluding hydrogens is 318 g/mol. The van der Waals surface area contributed by atoms with E-state index in [1.54, 1.807) is 18.2 Å². The summed E-state index contributed by atoms with van der Waals surface area (Å²) < 4.78 is 0.756. The predicted molar refractivity (Wildman–Crippen MR) is 78.3 cm³/mol. The van der Waals surface area contributed by atoms with E-state index < -0.39 is 12.0 Å². The van der Waals surface area contributed by atoms with Crippen molar-refractivity contribution in [1.82, 2.24) is 0 Å². The molecule has 1 unspecified atom stereocenters. The van der Waals surface area contributed by atoms with Crippen molar-refractivity contribution in [3.63, 3.8) is 0 Å². The maximum absolute atomic E-state index is 11.1. The van der Waals surface area contributed by atoms with Gasteiger partial charge in [-0.1, -0.05) is 37.8 Å². The second kappa shape index (κ2) is 7.64. The maximum atomic E-state index is 11.1. The molecule has 0 aliphatic rings. The number of carboxylic acid groups (broad SMARTS) is 1. The number of benzene rings is 1. The first kappa shape index (κ1) is 15.3. The number of unbranched alkanes of at least 4 members (excludes halogenated alkanes) is 2. The number of anilines is 1. The minimum atomic E-state index is -0.822. The van der Waals surface area contributed by atoms with Crippen molar-refractivity contribution in [3.05, 3.63) is 27.7 Å². The van der Waals surface area contributed by atoms with Crippen LogP contribution in [0.1, 0.15) is 32.6 Å². The van der Waals surface area contributed by atoms with Gasteiger partial charge in [-0.25, -0.2) is 4.79 Å². The largest absolute Gasteiger partial charge is 0.480 e. The molecule has 0 aliphatic heterocycles. The molecule has 1 aromatic carbocycles. The number of hydrogen-bond acceptors (Lipinski definition) is 2. The molecule has 0 saturated heterocycles. The number of hydrogen-bond donors (Lipinski definition) is 2. The molecular formula is C13H17BrClNO2. The van der Waals surface area contributed by atoms with Crippen LogP contribution < -0.4 is 5.32 Å². The van der Waals surface area contributed by atoms with Gasteiger partial charge in [0, 0.05) is 10.2 Å². The van der Waals surface area contributed by atoms with Crippen LogP contribution in [0.15, 0.2) is 22.7 Å². The number of carboxylic acids is 1. The Balaban J connectivity index is 2.64. The highest BCUT2D eigenvalue weighted by Crippen LogP contribution is 2.26. The van der Waals surface area contributed by atoms with Gasteiger partial charge in [0.1, 0.15) is 6.04 Å². The third-order valence-corrected chi connectivity index (χ3v) is 3.87. The number of nitrogens with one attached hydrogen (secondary N) is 1. The molecule has 1 atom stereocenters. The lowest BCUT2D eigenvalue weighted by molar-refractivity contribution is -0.138. The maximum Gasteiger partial charge on any atom is 0.326 e. The molecule has 0 bridgehead atoms. The third-order valence-electron chi connectivity index (χ3n) is 2.65. The Hall–Kier alpha value is -0.740. The van der Waals surface area contributed by atoms with E-state index in [1.165, 1.54) is 0 Å². The van der Waals surface area contributed by atoms with Crippen LogP contribution in [0.4, 0.5) is 5.69 Å². The van der Waals surface area contributed by atoms with Crippen LogP contribution in [0.5, 0.6) is 0 Å². The van der Waals surface area contributed by atoms with E-state index in [-0.39, 0.29) is 0 Å². The summed E-state index contributed by atoms with van der Waals surface area (Å²) in [6.07, 6.45) is 3.67. The first-order valence-corrected chi connectivity index (χ1v) is 7.16. The number of rotatable bonds is 7. The Labute approximate surface area is 121 Å². The highest BCUT2D eigenvalue weighted by Gasteiger charge is 2.16. The van der Waals surface area contributed by atoms with Gasteiger partial charge in [-0.3, -0.25) is 0 Å². The van der Waals surface area contributed by atoms with Gasteiger partial charge in [-0.05, 0) is 40.5 Å². The molecule has 0 amide bonds. The van der Waals surface area contributed by atoms with Gasteiger partial charge >= 0.3 is 5.97 Å². The lowest BCUT2D eigenvalue weighted by Gasteiger charge is -2.16. The van der Waals surface area contributed by atoms with Gasteiger partial charge in [-0.2, -0.15) is 0 Å². The second-order valence-electron chi connectivity index (χ2n) is 4.16. The smallest absolute Gasteiger partial charge is 0.326 e. The first-order valence-electron chi connectivity index (χ1n) is 5.99. The van der Waals surface area contributed by atoms with E-state index in [0.29, 0.717) is 11.4 Å². The minimum Gasteiger partial charge on any atom is -0.480 e. The van der Waals surface area contributed by atoms with Gasteiger partial charge in [0.2, 0.25) is 0 Å². The van der Waals surface area contributed by atoms with Crippen LogP contribution in [0, 0.1) is 0 Å². The van der Waals surface area contributed by atoms with Gasteiger partial charge < -0.3 is 10.4 Å². The molecule has 0 spiro atoms. The standard InChI is InChI=1S/C13H17BrClNO2/c1-2-3-4-5-12(13(17)18)16-9-6-7-11(15)10(14)8-9/h6-8,12,16H,2-5H2,1H3,(H,17,18). The molecule has 0 saturated carbocycles. The summed E-state index contributed by atoms with van der Waals surface area (Å²) in [5.41, 5.74) is 0.759. The van der Waals surface area contributed by atoms with Crippen molar-refractivity contribution in [2.24, 2.45) is 0 Å². The normalized spacial score (nSPS) is 12.2. The molecule has 0 aromatic heterocycles. The summed E-state index contributed by atoms with van der Waals surface area (Å²) in [5, 5.41) is 12.8. The lowest BCUT2D eigenvalue weighted by atomic mass is 10.1. The van der Waals surface area contributed by atoms with Crippen LogP contribution in [-0.2, 0) is 4.79 Å². The van der Waals surface area contributed by atoms with Crippen LogP contribution in [-0.4, -0.2) is 17.1 Å². The summed E-state index contributed by atoms with van der Waals surface area (Å²) in [6.45, 7) is 2.10. The molecule has 0 fully saturated rings. The minimum absolute atomic E-state index is 0.551. The van der Waals surface area contributed by atoms with E-state index in [9.17, 15) is 4.79 Å². The fourth-order valence-electron chi connectivity index (χ4n) is 1.64. The molecule has 18 heavy (non-hydrogen) atoms. The van der Waals surface area contributed by atoms with Gasteiger partial charge in [0.15, 0.2) is 0 Å². The topological polar surface area (TPSA) is 49.3 Å². The molecule has 100 valence electrons. The van der Waals surface area contributed by atoms with E-state index >= 15 is 0 Å². The SMILES string of the molecule is CCCCCC(Nc1ccc(Cl)c(Br)c1)C(=O)O. The molecule has 3 nitrogen and oxygen atoms in total. The van der Waals surface area contributed by atoms with Crippen LogP contribution in [0.3, 0.4) is 0 Å². The van der Waals surface area contributed by atoms with Gasteiger partial charge in [0.05, 0.1) is 5.02 Å². The van der Waals surface area contributed by atoms with Crippen LogP contribution in [0.25, 0.3) is 0 Å². The van der Waals surface area contributed by atoms with E-state index in [2.05, 4.69) is 28.2 Å². The molecule has 0 radical (unpaired) electrons. The van der Waals surface area contributed by atoms with Crippen molar-refractivity contribution >= 4 is 39.2 Å². The zero-order chi connectivity index (χ0) is 13.5. The quantitative estimate of drug-likeness (QED) is 0.719. The molecule has 0 heterocycles. The van der Waals surface area contributed by atoms with Crippen molar-refractivity contribution in [3.8, 4) is 0 Å². The van der Waals surface area contributed by atoms with E-state index in [1.807, 2.05) is 0 Å². The average Bonchev–Trinajstić information content (AvgIpc) is 2.32. The Kier molecular flexibility index (Phi) is 6.50. The summed E-state index contributed by atoms with van der Waals surface area (Å²) in [7, 11) is 0. The van der Waals surface area contributed by atoms with Crippen molar-refractivity contribution in [1.29, 1.82) is 0 Å². The molecule has 1 rings (SSSR count). The Bertz CT molecular complexity index is 412. The van der Waals surface area contributed by atoms with Crippen molar-refractivity contribution in [2.45, 2.75) is 38.6 Å². The van der Waals surface area contributed by atoms with Crippen molar-refractivity contribution < 1.29 is 9.90 Å². The van der Waals surface area contributed by atoms with Gasteiger partial charge in [-0.15, -0.1) is 0 Å². The van der Waals surface area contributed by atoms with E-state index in [0.717, 1.165) is 29.4 Å². The molecule has 5 heteroatoms. The lowest BCUT2D eigenvalue weighted by Crippen LogP contribution is -2.29. The highest BCUT2D eigenvalue weighted by molar-refractivity contribution is 9.10. The number of halogens is 2. The summed E-state index contributed by atoms with van der Waals surface area (Å²) >= 11 is 9.21. The zero-order valence-electron chi connectivity index (χ0n) is 10.2. The Morgan fingerprint density at radius 1 is 1.50 bits per heavy atom. The molecule has 1 aromatic rings. The van der Waals surface area contributed by atoms with Crippen LogP contribution in [0.2, 0.25) is 5.02 Å². The number of carbonyl (C=O) groups is 1. The molecule has 2 N–H and O–H groups in total. The fourth-order valence-corrected chi connectivity index (χ4v) is 2.14. The fraction of sp³-hybridized carbons (Fsp3) is 0.462. The van der Waals surface area contributed by atoms with Crippen molar-refractivity contribution in [2.75, 3.05) is 5.32 Å². The number of aliphatic carboxylic acids is 1. The third kappa shape index (κ3) is 4.86. The summed E-state index contributed by atoms with van der Waals surface area (Å²) in [5.74, 6) is -0.822. The Morgan fingerprint density at radius 2 is 2.22 bits per heavy atom. The predicted octanol–water partition coefficient (Wildman–Crippen LogP) is 4.55. The molecule has 0 aliphatic carbocycles. The zero-order valence-corrected chi connectivity index (χ0v) is 12.6. The monoisotopic (exact) mass is 333 g/mol. The Morgan fingerprint density at radius 3 is 2.78 bits per heavy atom.